The van der Waals surface area contributed by atoms with Gasteiger partial charge < -0.3 is 15.2 Å². The minimum absolute atomic E-state index is 0.0503. The van der Waals surface area contributed by atoms with E-state index in [4.69, 9.17) is 11.6 Å². The van der Waals surface area contributed by atoms with Crippen LogP contribution in [0.5, 0.6) is 0 Å². The van der Waals surface area contributed by atoms with Gasteiger partial charge in [-0.05, 0) is 48.4 Å². The van der Waals surface area contributed by atoms with E-state index in [1.165, 1.54) is 12.4 Å². The van der Waals surface area contributed by atoms with Gasteiger partial charge in [-0.3, -0.25) is 4.98 Å². The molecule has 1 saturated carbocycles. The summed E-state index contributed by atoms with van der Waals surface area (Å²) in [6, 6.07) is 10.8. The molecule has 6 rings (SSSR count). The minimum Gasteiger partial charge on any atom is -0.383 e. The second kappa shape index (κ2) is 11.3. The van der Waals surface area contributed by atoms with Gasteiger partial charge in [0.15, 0.2) is 5.54 Å². The average Bonchev–Trinajstić information content (AvgIpc) is 3.49. The number of benzene rings is 2. The topological polar surface area (TPSA) is 109 Å². The van der Waals surface area contributed by atoms with Crippen LogP contribution in [-0.2, 0) is 12.6 Å². The molecule has 1 aliphatic carbocycles. The Balaban J connectivity index is 1.49. The molecule has 0 aliphatic heterocycles. The van der Waals surface area contributed by atoms with Crippen molar-refractivity contribution in [3.05, 3.63) is 82.7 Å². The maximum absolute atomic E-state index is 14.0. The van der Waals surface area contributed by atoms with Crippen molar-refractivity contribution in [2.75, 3.05) is 17.2 Å². The van der Waals surface area contributed by atoms with Crippen molar-refractivity contribution in [3.63, 3.8) is 0 Å². The first-order chi connectivity index (χ1) is 21.7. The van der Waals surface area contributed by atoms with Gasteiger partial charge in [-0.2, -0.15) is 18.4 Å². The smallest absolute Gasteiger partial charge is 0.383 e. The molecule has 0 spiro atoms. The predicted molar refractivity (Wildman–Crippen MR) is 172 cm³/mol. The number of fused-ring (bicyclic) bond motifs is 1. The average molecular weight is 648 g/mol. The Morgan fingerprint density at radius 3 is 2.54 bits per heavy atom. The molecule has 13 heteroatoms. The third-order valence-electron chi connectivity index (χ3n) is 8.43. The van der Waals surface area contributed by atoms with E-state index in [-0.39, 0.29) is 18.3 Å². The molecule has 0 bridgehead atoms. The lowest BCUT2D eigenvalue weighted by Crippen LogP contribution is -2.35. The lowest BCUT2D eigenvalue weighted by molar-refractivity contribution is -0.182. The zero-order valence-corrected chi connectivity index (χ0v) is 26.8. The molecule has 0 amide bonds. The first kappa shape index (κ1) is 31.4. The number of aromatic nitrogens is 6. The van der Waals surface area contributed by atoms with Crippen molar-refractivity contribution in [1.82, 2.24) is 29.5 Å². The van der Waals surface area contributed by atoms with Gasteiger partial charge in [-0.15, -0.1) is 5.10 Å². The third-order valence-corrected chi connectivity index (χ3v) is 8.72. The first-order valence-electron chi connectivity index (χ1n) is 14.8. The lowest BCUT2D eigenvalue weighted by Gasteiger charge is -2.24. The highest BCUT2D eigenvalue weighted by atomic mass is 35.5. The van der Waals surface area contributed by atoms with Crippen molar-refractivity contribution in [2.45, 2.75) is 58.3 Å². The van der Waals surface area contributed by atoms with Crippen LogP contribution in [0, 0.1) is 23.7 Å². The van der Waals surface area contributed by atoms with Crippen LogP contribution in [0.4, 0.5) is 24.5 Å². The second-order valence-corrected chi connectivity index (χ2v) is 13.4. The summed E-state index contributed by atoms with van der Waals surface area (Å²) in [7, 11) is 1.90. The normalized spacial score (nSPS) is 15.0. The summed E-state index contributed by atoms with van der Waals surface area (Å²) in [4.78, 5) is 8.71. The first-order valence-corrected chi connectivity index (χ1v) is 15.2. The van der Waals surface area contributed by atoms with Crippen LogP contribution in [0.25, 0.3) is 22.2 Å². The largest absolute Gasteiger partial charge is 0.413 e. The van der Waals surface area contributed by atoms with Crippen LogP contribution in [0.15, 0.2) is 55.2 Å². The van der Waals surface area contributed by atoms with E-state index in [0.717, 1.165) is 27.1 Å². The van der Waals surface area contributed by atoms with Gasteiger partial charge in [-0.25, -0.2) is 9.67 Å². The maximum Gasteiger partial charge on any atom is 0.413 e. The van der Waals surface area contributed by atoms with Gasteiger partial charge in [0, 0.05) is 36.4 Å². The number of hydrogen-bond donors (Lipinski definition) is 2. The summed E-state index contributed by atoms with van der Waals surface area (Å²) in [6.45, 7) is 8.79. The highest BCUT2D eigenvalue weighted by molar-refractivity contribution is 6.35. The molecule has 1 aliphatic rings. The molecule has 9 nitrogen and oxygen atoms in total. The van der Waals surface area contributed by atoms with E-state index < -0.39 is 17.8 Å². The molecule has 3 aromatic heterocycles. The van der Waals surface area contributed by atoms with E-state index in [1.807, 2.05) is 42.8 Å². The fraction of sp³-hybridized carbons (Fsp3) is 0.364. The number of nitrogens with zero attached hydrogens (tertiary/aromatic N) is 7. The molecule has 0 unspecified atom stereocenters. The lowest BCUT2D eigenvalue weighted by atomic mass is 9.93. The second-order valence-electron chi connectivity index (χ2n) is 13.0. The van der Waals surface area contributed by atoms with Gasteiger partial charge in [0.25, 0.3) is 0 Å². The molecule has 2 N–H and O–H groups in total. The summed E-state index contributed by atoms with van der Waals surface area (Å²) in [5.74, 6) is 0. The summed E-state index contributed by atoms with van der Waals surface area (Å²) < 4.78 is 45.0. The molecule has 5 aromatic rings. The van der Waals surface area contributed by atoms with E-state index in [0.29, 0.717) is 45.1 Å². The van der Waals surface area contributed by atoms with Gasteiger partial charge in [0.2, 0.25) is 0 Å². The van der Waals surface area contributed by atoms with Crippen LogP contribution in [0.2, 0.25) is 5.02 Å². The van der Waals surface area contributed by atoms with E-state index in [9.17, 15) is 18.4 Å². The number of imidazole rings is 1. The maximum atomic E-state index is 14.0. The highest BCUT2D eigenvalue weighted by Gasteiger charge is 2.66. The fourth-order valence-corrected chi connectivity index (χ4v) is 5.96. The fourth-order valence-electron chi connectivity index (χ4n) is 5.69. The summed E-state index contributed by atoms with van der Waals surface area (Å²) >= 11 is 6.78. The van der Waals surface area contributed by atoms with Crippen molar-refractivity contribution < 1.29 is 13.2 Å². The van der Waals surface area contributed by atoms with Crippen LogP contribution < -0.4 is 10.6 Å². The number of alkyl halides is 3. The van der Waals surface area contributed by atoms with Gasteiger partial charge >= 0.3 is 6.18 Å². The molecule has 1 fully saturated rings. The predicted octanol–water partition coefficient (Wildman–Crippen LogP) is 7.77. The number of rotatable bonds is 8. The molecular weight excluding hydrogens is 615 g/mol. The summed E-state index contributed by atoms with van der Waals surface area (Å²) in [5, 5.41) is 26.0. The van der Waals surface area contributed by atoms with Crippen LogP contribution in [0.3, 0.4) is 0 Å². The number of pyridine rings is 1. The number of aryl methyl sites for hydroxylation is 1. The van der Waals surface area contributed by atoms with Gasteiger partial charge in [0.05, 0.1) is 52.2 Å². The summed E-state index contributed by atoms with van der Waals surface area (Å²) in [5.41, 5.74) is 3.71. The SMILES string of the molecule is Cc1c(-c2cncn2C)cccc1[C@H](Nc1cc(Cl)c2ncc(C#N)c(NCC(C)(C)C)c2c1)c1cn(C2(C(F)(F)F)CC2)nn1. The standard InChI is InChI=1S/C33H33ClF3N9/c1-19-22(27-15-39-18-45(27)5)7-6-8-23(19)30(26-16-46(44-43-26)32(9-10-32)33(35,36)37)42-21-11-24-28(41-17-31(2,3)4)20(13-38)14-40-29(24)25(34)12-21/h6-8,11-12,14-16,18,30,42H,9-10,17H2,1-5H3,(H,40,41)/t30-/m0/s1. The Morgan fingerprint density at radius 1 is 1.15 bits per heavy atom. The van der Waals surface area contributed by atoms with Crippen molar-refractivity contribution in [3.8, 4) is 17.3 Å². The molecule has 2 aromatic carbocycles. The van der Waals surface area contributed by atoms with Crippen LogP contribution >= 0.6 is 11.6 Å². The quantitative estimate of drug-likeness (QED) is 0.177. The monoisotopic (exact) mass is 647 g/mol. The molecule has 46 heavy (non-hydrogen) atoms. The molecule has 238 valence electrons. The molecule has 0 saturated heterocycles. The van der Waals surface area contributed by atoms with Crippen molar-refractivity contribution in [1.29, 1.82) is 5.26 Å². The number of hydrogen-bond acceptors (Lipinski definition) is 7. The third kappa shape index (κ3) is 5.64. The Kier molecular flexibility index (Phi) is 7.71. The highest BCUT2D eigenvalue weighted by Crippen LogP contribution is 2.55. The van der Waals surface area contributed by atoms with Crippen LogP contribution in [0.1, 0.15) is 62.0 Å². The summed E-state index contributed by atoms with van der Waals surface area (Å²) in [6.07, 6.45) is 1.79. The Hall–Kier alpha value is -4.63. The van der Waals surface area contributed by atoms with Gasteiger partial charge in [0.1, 0.15) is 11.8 Å². The molecule has 1 atom stereocenters. The number of nitrogens with one attached hydrogen (secondary N) is 2. The van der Waals surface area contributed by atoms with E-state index in [2.05, 4.69) is 57.8 Å². The minimum atomic E-state index is -4.45. The van der Waals surface area contributed by atoms with Crippen molar-refractivity contribution >= 4 is 33.9 Å². The number of nitriles is 1. The van der Waals surface area contributed by atoms with E-state index >= 15 is 0 Å². The number of anilines is 2. The van der Waals surface area contributed by atoms with Gasteiger partial charge in [-0.1, -0.05) is 55.8 Å². The number of halogens is 4. The van der Waals surface area contributed by atoms with Crippen LogP contribution in [-0.4, -0.2) is 42.2 Å². The van der Waals surface area contributed by atoms with E-state index in [1.54, 1.807) is 18.6 Å². The molecular formula is C33H33ClF3N9. The Morgan fingerprint density at radius 2 is 1.91 bits per heavy atom. The zero-order valence-electron chi connectivity index (χ0n) is 26.0. The Bertz CT molecular complexity index is 1980. The zero-order chi connectivity index (χ0) is 33.0. The molecule has 0 radical (unpaired) electrons. The van der Waals surface area contributed by atoms with Crippen molar-refractivity contribution in [2.24, 2.45) is 12.5 Å². The molecule has 3 heterocycles. The Labute approximate surface area is 269 Å².